The molecule has 1 N–H and O–H groups in total. The first-order chi connectivity index (χ1) is 10.3. The van der Waals surface area contributed by atoms with Crippen LogP contribution >= 0.6 is 0 Å². The van der Waals surface area contributed by atoms with Crippen molar-refractivity contribution in [1.82, 2.24) is 10.2 Å². The minimum Gasteiger partial charge on any atom is -0.492 e. The second-order valence-electron chi connectivity index (χ2n) is 5.94. The van der Waals surface area contributed by atoms with Gasteiger partial charge in [-0.15, -0.1) is 0 Å². The summed E-state index contributed by atoms with van der Waals surface area (Å²) in [5.74, 6) is 0.987. The Hall–Kier alpha value is -1.06. The lowest BCUT2D eigenvalue weighted by Crippen LogP contribution is -2.31. The van der Waals surface area contributed by atoms with Gasteiger partial charge in [0.2, 0.25) is 0 Å². The Balaban J connectivity index is 1.67. The number of ether oxygens (including phenoxy) is 1. The van der Waals surface area contributed by atoms with E-state index >= 15 is 0 Å². The maximum atomic E-state index is 5.88. The van der Waals surface area contributed by atoms with Crippen LogP contribution in [0.25, 0.3) is 0 Å². The van der Waals surface area contributed by atoms with Gasteiger partial charge in [0.05, 0.1) is 0 Å². The van der Waals surface area contributed by atoms with Crippen molar-refractivity contribution in [3.63, 3.8) is 0 Å². The van der Waals surface area contributed by atoms with Gasteiger partial charge in [0.15, 0.2) is 0 Å². The van der Waals surface area contributed by atoms with Crippen LogP contribution in [0.3, 0.4) is 0 Å². The number of benzene rings is 1. The topological polar surface area (TPSA) is 24.5 Å². The predicted molar refractivity (Wildman–Crippen MR) is 88.8 cm³/mol. The molecule has 0 atom stereocenters. The maximum Gasteiger partial charge on any atom is 0.119 e. The van der Waals surface area contributed by atoms with Gasteiger partial charge < -0.3 is 10.1 Å². The van der Waals surface area contributed by atoms with E-state index in [1.807, 2.05) is 0 Å². The monoisotopic (exact) mass is 290 g/mol. The van der Waals surface area contributed by atoms with E-state index in [9.17, 15) is 0 Å². The second-order valence-corrected chi connectivity index (χ2v) is 5.94. The van der Waals surface area contributed by atoms with Gasteiger partial charge in [-0.1, -0.05) is 26.0 Å². The van der Waals surface area contributed by atoms with Crippen LogP contribution in [-0.4, -0.2) is 37.2 Å². The van der Waals surface area contributed by atoms with Gasteiger partial charge in [-0.05, 0) is 56.5 Å². The molecule has 1 aromatic rings. The minimum absolute atomic E-state index is 0.796. The summed E-state index contributed by atoms with van der Waals surface area (Å²) in [5, 5.41) is 3.41. The van der Waals surface area contributed by atoms with Crippen molar-refractivity contribution < 1.29 is 4.74 Å². The standard InChI is InChI=1S/C18H30N2O/c1-3-11-19-15-16-5-9-18(10-6-16)21-14-13-20(12-4-2)17-7-8-17/h5-6,9-10,17,19H,3-4,7-8,11-15H2,1-2H3. The van der Waals surface area contributed by atoms with Crippen molar-refractivity contribution in [2.75, 3.05) is 26.2 Å². The van der Waals surface area contributed by atoms with Gasteiger partial charge in [0.25, 0.3) is 0 Å². The highest BCUT2D eigenvalue weighted by molar-refractivity contribution is 5.27. The number of nitrogens with one attached hydrogen (secondary N) is 1. The van der Waals surface area contributed by atoms with E-state index in [1.54, 1.807) is 0 Å². The van der Waals surface area contributed by atoms with Gasteiger partial charge >= 0.3 is 0 Å². The summed E-state index contributed by atoms with van der Waals surface area (Å²) in [6.45, 7) is 9.51. The fraction of sp³-hybridized carbons (Fsp3) is 0.667. The Bertz CT molecular complexity index is 387. The summed E-state index contributed by atoms with van der Waals surface area (Å²) in [6.07, 6.45) is 5.16. The van der Waals surface area contributed by atoms with E-state index in [0.29, 0.717) is 0 Å². The van der Waals surface area contributed by atoms with Crippen molar-refractivity contribution in [3.05, 3.63) is 29.8 Å². The Kier molecular flexibility index (Phi) is 7.04. The lowest BCUT2D eigenvalue weighted by atomic mass is 10.2. The van der Waals surface area contributed by atoms with Crippen molar-refractivity contribution >= 4 is 0 Å². The second kappa shape index (κ2) is 9.06. The molecule has 0 saturated heterocycles. The predicted octanol–water partition coefficient (Wildman–Crippen LogP) is 3.44. The van der Waals surface area contributed by atoms with Crippen LogP contribution < -0.4 is 10.1 Å². The van der Waals surface area contributed by atoms with E-state index in [1.165, 1.54) is 37.8 Å². The zero-order valence-corrected chi connectivity index (χ0v) is 13.6. The van der Waals surface area contributed by atoms with Gasteiger partial charge in [-0.2, -0.15) is 0 Å². The molecule has 21 heavy (non-hydrogen) atoms. The van der Waals surface area contributed by atoms with Gasteiger partial charge in [-0.3, -0.25) is 4.90 Å². The smallest absolute Gasteiger partial charge is 0.119 e. The number of nitrogens with zero attached hydrogens (tertiary/aromatic N) is 1. The summed E-state index contributed by atoms with van der Waals surface area (Å²) in [5.41, 5.74) is 1.32. The molecule has 118 valence electrons. The molecular weight excluding hydrogens is 260 g/mol. The van der Waals surface area contributed by atoms with Gasteiger partial charge in [0.1, 0.15) is 12.4 Å². The molecule has 3 heteroatoms. The van der Waals surface area contributed by atoms with E-state index < -0.39 is 0 Å². The van der Waals surface area contributed by atoms with E-state index in [0.717, 1.165) is 38.0 Å². The summed E-state index contributed by atoms with van der Waals surface area (Å²) in [6, 6.07) is 9.32. The van der Waals surface area contributed by atoms with Crippen LogP contribution in [0.15, 0.2) is 24.3 Å². The van der Waals surface area contributed by atoms with Crippen molar-refractivity contribution in [1.29, 1.82) is 0 Å². The number of rotatable bonds is 11. The lowest BCUT2D eigenvalue weighted by Gasteiger charge is -2.21. The molecule has 0 spiro atoms. The SMILES string of the molecule is CCCNCc1ccc(OCCN(CCC)C2CC2)cc1. The molecule has 0 aliphatic heterocycles. The first kappa shape index (κ1) is 16.3. The minimum atomic E-state index is 0.796. The number of hydrogen-bond acceptors (Lipinski definition) is 3. The first-order valence-electron chi connectivity index (χ1n) is 8.50. The Labute approximate surface area is 129 Å². The van der Waals surface area contributed by atoms with Crippen LogP contribution in [0.2, 0.25) is 0 Å². The fourth-order valence-electron chi connectivity index (χ4n) is 2.60. The van der Waals surface area contributed by atoms with Crippen LogP contribution in [0.4, 0.5) is 0 Å². The first-order valence-corrected chi connectivity index (χ1v) is 8.50. The molecule has 0 bridgehead atoms. The number of hydrogen-bond donors (Lipinski definition) is 1. The largest absolute Gasteiger partial charge is 0.492 e. The fourth-order valence-corrected chi connectivity index (χ4v) is 2.60. The van der Waals surface area contributed by atoms with Crippen molar-refractivity contribution in [3.8, 4) is 5.75 Å². The molecule has 0 aromatic heterocycles. The van der Waals surface area contributed by atoms with E-state index in [4.69, 9.17) is 4.74 Å². The highest BCUT2D eigenvalue weighted by Gasteiger charge is 2.27. The van der Waals surface area contributed by atoms with E-state index in [-0.39, 0.29) is 0 Å². The average Bonchev–Trinajstić information content (AvgIpc) is 3.33. The zero-order chi connectivity index (χ0) is 14.9. The third-order valence-electron chi connectivity index (χ3n) is 3.90. The molecule has 1 saturated carbocycles. The molecule has 0 unspecified atom stereocenters. The molecule has 3 nitrogen and oxygen atoms in total. The zero-order valence-electron chi connectivity index (χ0n) is 13.6. The molecular formula is C18H30N2O. The van der Waals surface area contributed by atoms with Crippen LogP contribution in [-0.2, 0) is 6.54 Å². The average molecular weight is 290 g/mol. The van der Waals surface area contributed by atoms with Gasteiger partial charge in [-0.25, -0.2) is 0 Å². The van der Waals surface area contributed by atoms with E-state index in [2.05, 4.69) is 48.3 Å². The highest BCUT2D eigenvalue weighted by Crippen LogP contribution is 2.26. The van der Waals surface area contributed by atoms with Crippen molar-refractivity contribution in [2.45, 2.75) is 52.1 Å². The van der Waals surface area contributed by atoms with Crippen LogP contribution in [0.5, 0.6) is 5.75 Å². The molecule has 0 heterocycles. The molecule has 1 aliphatic carbocycles. The Morgan fingerprint density at radius 3 is 2.48 bits per heavy atom. The quantitative estimate of drug-likeness (QED) is 0.632. The molecule has 1 aromatic carbocycles. The summed E-state index contributed by atoms with van der Waals surface area (Å²) in [7, 11) is 0. The third-order valence-corrected chi connectivity index (χ3v) is 3.90. The normalized spacial score (nSPS) is 14.6. The summed E-state index contributed by atoms with van der Waals surface area (Å²) < 4.78 is 5.88. The molecule has 1 fully saturated rings. The highest BCUT2D eigenvalue weighted by atomic mass is 16.5. The Morgan fingerprint density at radius 2 is 1.86 bits per heavy atom. The molecule has 0 radical (unpaired) electrons. The summed E-state index contributed by atoms with van der Waals surface area (Å²) in [4.78, 5) is 2.57. The maximum absolute atomic E-state index is 5.88. The Morgan fingerprint density at radius 1 is 1.10 bits per heavy atom. The van der Waals surface area contributed by atoms with Crippen molar-refractivity contribution in [2.24, 2.45) is 0 Å². The lowest BCUT2D eigenvalue weighted by molar-refractivity contribution is 0.202. The molecule has 1 aliphatic rings. The summed E-state index contributed by atoms with van der Waals surface area (Å²) >= 11 is 0. The molecule has 2 rings (SSSR count). The van der Waals surface area contributed by atoms with Gasteiger partial charge in [0, 0.05) is 19.1 Å². The third kappa shape index (κ3) is 6.06. The van der Waals surface area contributed by atoms with Crippen LogP contribution in [0, 0.1) is 0 Å². The van der Waals surface area contributed by atoms with Crippen LogP contribution in [0.1, 0.15) is 45.1 Å². The molecule has 0 amide bonds.